The highest BCUT2D eigenvalue weighted by atomic mass is 16.5. The lowest BCUT2D eigenvalue weighted by Crippen LogP contribution is -2.38. The molecular formula is C7H11NO3. The topological polar surface area (TPSA) is 58.6 Å². The van der Waals surface area contributed by atoms with Gasteiger partial charge in [0.2, 0.25) is 0 Å². The number of ether oxygens (including phenoxy) is 1. The maximum Gasteiger partial charge on any atom is 0.313 e. The lowest BCUT2D eigenvalue weighted by Gasteiger charge is -2.19. The number of fused-ring (bicyclic) bond motifs is 1. The van der Waals surface area contributed by atoms with E-state index in [2.05, 4.69) is 5.32 Å². The summed E-state index contributed by atoms with van der Waals surface area (Å²) < 4.78 is 5.30. The first-order valence-electron chi connectivity index (χ1n) is 3.81. The van der Waals surface area contributed by atoms with Gasteiger partial charge in [0, 0.05) is 19.7 Å². The average Bonchev–Trinajstić information content (AvgIpc) is 2.40. The van der Waals surface area contributed by atoms with Gasteiger partial charge in [0.05, 0.1) is 6.10 Å². The van der Waals surface area contributed by atoms with Gasteiger partial charge in [-0.3, -0.25) is 4.79 Å². The molecule has 2 fully saturated rings. The average molecular weight is 157 g/mol. The first-order valence-corrected chi connectivity index (χ1v) is 3.81. The van der Waals surface area contributed by atoms with Crippen LogP contribution in [0.25, 0.3) is 0 Å². The van der Waals surface area contributed by atoms with E-state index in [1.807, 2.05) is 0 Å². The van der Waals surface area contributed by atoms with E-state index in [1.165, 1.54) is 0 Å². The fourth-order valence-electron chi connectivity index (χ4n) is 1.91. The number of rotatable bonds is 1. The maximum absolute atomic E-state index is 10.9. The Bertz CT molecular complexity index is 182. The summed E-state index contributed by atoms with van der Waals surface area (Å²) >= 11 is 0. The zero-order valence-electron chi connectivity index (χ0n) is 6.17. The van der Waals surface area contributed by atoms with Crippen LogP contribution in [0.2, 0.25) is 0 Å². The van der Waals surface area contributed by atoms with Crippen LogP contribution in [0.5, 0.6) is 0 Å². The molecule has 2 aliphatic heterocycles. The second-order valence-electron chi connectivity index (χ2n) is 3.20. The molecule has 0 spiro atoms. The van der Waals surface area contributed by atoms with Crippen molar-refractivity contribution in [3.05, 3.63) is 0 Å². The Morgan fingerprint density at radius 1 is 1.73 bits per heavy atom. The summed E-state index contributed by atoms with van der Waals surface area (Å²) in [7, 11) is 0. The van der Waals surface area contributed by atoms with E-state index in [1.54, 1.807) is 0 Å². The molecule has 0 bridgehead atoms. The van der Waals surface area contributed by atoms with Crippen LogP contribution in [-0.4, -0.2) is 36.9 Å². The molecule has 0 amide bonds. The Balaban J connectivity index is 2.26. The van der Waals surface area contributed by atoms with E-state index < -0.39 is 11.4 Å². The summed E-state index contributed by atoms with van der Waals surface area (Å²) in [6.07, 6.45) is 0.556. The molecule has 0 aromatic carbocycles. The Morgan fingerprint density at radius 2 is 2.55 bits per heavy atom. The van der Waals surface area contributed by atoms with Crippen molar-refractivity contribution in [3.63, 3.8) is 0 Å². The molecule has 4 heteroatoms. The van der Waals surface area contributed by atoms with Crippen molar-refractivity contribution in [3.8, 4) is 0 Å². The number of aliphatic carboxylic acids is 1. The quantitative estimate of drug-likeness (QED) is 0.536. The van der Waals surface area contributed by atoms with Crippen molar-refractivity contribution in [2.24, 2.45) is 5.41 Å². The van der Waals surface area contributed by atoms with Gasteiger partial charge in [0.25, 0.3) is 0 Å². The van der Waals surface area contributed by atoms with Crippen LogP contribution in [-0.2, 0) is 9.53 Å². The van der Waals surface area contributed by atoms with Crippen molar-refractivity contribution in [2.75, 3.05) is 19.7 Å². The van der Waals surface area contributed by atoms with Crippen molar-refractivity contribution >= 4 is 5.97 Å². The van der Waals surface area contributed by atoms with Gasteiger partial charge in [-0.15, -0.1) is 0 Å². The van der Waals surface area contributed by atoms with E-state index in [-0.39, 0.29) is 6.10 Å². The van der Waals surface area contributed by atoms with E-state index in [0.29, 0.717) is 26.1 Å². The zero-order chi connectivity index (χ0) is 7.90. The second kappa shape index (κ2) is 2.19. The molecule has 62 valence electrons. The highest BCUT2D eigenvalue weighted by Gasteiger charge is 2.53. The Labute approximate surface area is 64.5 Å². The fourth-order valence-corrected chi connectivity index (χ4v) is 1.91. The van der Waals surface area contributed by atoms with Crippen LogP contribution in [0.15, 0.2) is 0 Å². The van der Waals surface area contributed by atoms with E-state index in [0.717, 1.165) is 0 Å². The SMILES string of the molecule is O=C(O)[C@]12CCO[C@H]1CNC2. The minimum atomic E-state index is -0.718. The molecule has 0 radical (unpaired) electrons. The van der Waals surface area contributed by atoms with Crippen molar-refractivity contribution in [1.82, 2.24) is 5.32 Å². The van der Waals surface area contributed by atoms with Crippen LogP contribution in [0.3, 0.4) is 0 Å². The smallest absolute Gasteiger partial charge is 0.313 e. The number of hydrogen-bond donors (Lipinski definition) is 2. The molecule has 0 unspecified atom stereocenters. The maximum atomic E-state index is 10.9. The minimum Gasteiger partial charge on any atom is -0.481 e. The summed E-state index contributed by atoms with van der Waals surface area (Å²) in [4.78, 5) is 10.9. The van der Waals surface area contributed by atoms with Crippen LogP contribution in [0, 0.1) is 5.41 Å². The van der Waals surface area contributed by atoms with Crippen LogP contribution >= 0.6 is 0 Å². The summed E-state index contributed by atoms with van der Waals surface area (Å²) in [6.45, 7) is 1.85. The molecule has 4 nitrogen and oxygen atoms in total. The van der Waals surface area contributed by atoms with Gasteiger partial charge in [-0.25, -0.2) is 0 Å². The predicted octanol–water partition coefficient (Wildman–Crippen LogP) is -0.550. The standard InChI is InChI=1S/C7H11NO3/c9-6(10)7-1-2-11-5(7)3-8-4-7/h5,8H,1-4H2,(H,9,10)/t5-,7-/m0/s1. The highest BCUT2D eigenvalue weighted by Crippen LogP contribution is 2.37. The van der Waals surface area contributed by atoms with Crippen molar-refractivity contribution in [1.29, 1.82) is 0 Å². The van der Waals surface area contributed by atoms with Gasteiger partial charge in [0.1, 0.15) is 5.41 Å². The second-order valence-corrected chi connectivity index (χ2v) is 3.20. The summed E-state index contributed by atoms with van der Waals surface area (Å²) in [5.74, 6) is -0.718. The van der Waals surface area contributed by atoms with Crippen LogP contribution in [0.4, 0.5) is 0 Å². The van der Waals surface area contributed by atoms with Crippen LogP contribution < -0.4 is 5.32 Å². The van der Waals surface area contributed by atoms with E-state index >= 15 is 0 Å². The lowest BCUT2D eigenvalue weighted by molar-refractivity contribution is -0.149. The molecule has 0 aliphatic carbocycles. The molecule has 2 atom stereocenters. The van der Waals surface area contributed by atoms with E-state index in [9.17, 15) is 4.79 Å². The highest BCUT2D eigenvalue weighted by molar-refractivity contribution is 5.76. The van der Waals surface area contributed by atoms with Gasteiger partial charge < -0.3 is 15.2 Å². The Hall–Kier alpha value is -0.610. The van der Waals surface area contributed by atoms with Gasteiger partial charge >= 0.3 is 5.97 Å². The number of carbonyl (C=O) groups is 1. The number of nitrogens with one attached hydrogen (secondary N) is 1. The third-order valence-corrected chi connectivity index (χ3v) is 2.68. The molecule has 2 N–H and O–H groups in total. The number of carboxylic acids is 1. The number of hydrogen-bond acceptors (Lipinski definition) is 3. The van der Waals surface area contributed by atoms with Gasteiger partial charge in [-0.05, 0) is 6.42 Å². The van der Waals surface area contributed by atoms with Gasteiger partial charge in [0.15, 0.2) is 0 Å². The fraction of sp³-hybridized carbons (Fsp3) is 0.857. The minimum absolute atomic E-state index is 0.0972. The first-order chi connectivity index (χ1) is 5.26. The number of carboxylic acid groups (broad SMARTS) is 1. The zero-order valence-corrected chi connectivity index (χ0v) is 6.17. The van der Waals surface area contributed by atoms with E-state index in [4.69, 9.17) is 9.84 Å². The summed E-state index contributed by atoms with van der Waals surface area (Å²) in [5.41, 5.74) is -0.611. The summed E-state index contributed by atoms with van der Waals surface area (Å²) in [5, 5.41) is 12.0. The van der Waals surface area contributed by atoms with Crippen LogP contribution in [0.1, 0.15) is 6.42 Å². The molecular weight excluding hydrogens is 146 g/mol. The monoisotopic (exact) mass is 157 g/mol. The molecule has 0 aromatic rings. The molecule has 2 aliphatic rings. The Kier molecular flexibility index (Phi) is 1.40. The lowest BCUT2D eigenvalue weighted by atomic mass is 9.84. The third-order valence-electron chi connectivity index (χ3n) is 2.68. The first kappa shape index (κ1) is 7.06. The molecule has 0 aromatic heterocycles. The molecule has 2 saturated heterocycles. The molecule has 2 rings (SSSR count). The largest absolute Gasteiger partial charge is 0.481 e. The molecule has 0 saturated carbocycles. The summed E-state index contributed by atoms with van der Waals surface area (Å²) in [6, 6.07) is 0. The molecule has 11 heavy (non-hydrogen) atoms. The third kappa shape index (κ3) is 0.795. The van der Waals surface area contributed by atoms with Crippen molar-refractivity contribution < 1.29 is 14.6 Å². The predicted molar refractivity (Wildman–Crippen MR) is 37.3 cm³/mol. The Morgan fingerprint density at radius 3 is 3.18 bits per heavy atom. The van der Waals surface area contributed by atoms with Gasteiger partial charge in [-0.2, -0.15) is 0 Å². The molecule has 2 heterocycles. The normalized spacial score (nSPS) is 42.4. The van der Waals surface area contributed by atoms with Gasteiger partial charge in [-0.1, -0.05) is 0 Å². The van der Waals surface area contributed by atoms with Crippen molar-refractivity contribution in [2.45, 2.75) is 12.5 Å².